The Morgan fingerprint density at radius 3 is 1.39 bits per heavy atom. The van der Waals surface area contributed by atoms with Gasteiger partial charge in [0, 0.05) is 45.7 Å². The van der Waals surface area contributed by atoms with Crippen molar-refractivity contribution in [2.75, 3.05) is 39.4 Å². The SMILES string of the molecule is Cc1ccc(S(=O)(=O)OCCCOc2cc(CN(CCNC(=O)OC(C)(C)C)C(=O)OC(C)(C)C)cc(CN(CCNC(=O)OC(C)(C)C)C(=O)OC(C)(C)C)c2)cc1. The first-order valence-electron chi connectivity index (χ1n) is 19.6. The molecule has 2 rings (SSSR count). The monoisotopic (exact) mass is 850 g/mol. The minimum atomic E-state index is -3.97. The average Bonchev–Trinajstić information content (AvgIpc) is 3.04. The highest BCUT2D eigenvalue weighted by Gasteiger charge is 2.26. The molecule has 2 N–H and O–H groups in total. The van der Waals surface area contributed by atoms with Crippen LogP contribution < -0.4 is 15.4 Å². The highest BCUT2D eigenvalue weighted by molar-refractivity contribution is 7.86. The van der Waals surface area contributed by atoms with Crippen molar-refractivity contribution >= 4 is 34.5 Å². The topological polar surface area (TPSA) is 188 Å². The predicted octanol–water partition coefficient (Wildman–Crippen LogP) is 7.69. The van der Waals surface area contributed by atoms with Crippen molar-refractivity contribution in [3.05, 3.63) is 59.2 Å². The first kappa shape index (κ1) is 50.4. The zero-order chi connectivity index (χ0) is 44.8. The van der Waals surface area contributed by atoms with Crippen LogP contribution in [0.4, 0.5) is 19.2 Å². The molecule has 0 spiro atoms. The van der Waals surface area contributed by atoms with E-state index in [9.17, 15) is 27.6 Å². The lowest BCUT2D eigenvalue weighted by atomic mass is 10.1. The van der Waals surface area contributed by atoms with Crippen molar-refractivity contribution < 1.29 is 55.5 Å². The molecule has 2 aromatic carbocycles. The van der Waals surface area contributed by atoms with Gasteiger partial charge >= 0.3 is 24.4 Å². The van der Waals surface area contributed by atoms with Crippen LogP contribution in [0.1, 0.15) is 106 Å². The quantitative estimate of drug-likeness (QED) is 0.0899. The Morgan fingerprint density at radius 1 is 0.593 bits per heavy atom. The molecule has 0 aliphatic heterocycles. The number of nitrogens with one attached hydrogen (secondary N) is 2. The summed E-state index contributed by atoms with van der Waals surface area (Å²) in [6.45, 7) is 23.0. The fraction of sp³-hybridized carbons (Fsp3) is 0.619. The largest absolute Gasteiger partial charge is 0.493 e. The van der Waals surface area contributed by atoms with Crippen molar-refractivity contribution in [3.8, 4) is 5.75 Å². The standard InChI is InChI=1S/C42H66N4O12S/c1-30-15-17-34(18-16-30)59(51,52)54-24-14-23-53-33-26-31(28-45(37(49)57-41(8,9)10)21-19-43-35(47)55-39(2,3)4)25-32(27-33)29-46(38(50)58-42(11,12)13)22-20-44-36(48)56-40(5,6)7/h15-18,25-27H,14,19-24,28-29H2,1-13H3,(H,43,47)(H,44,48). The zero-order valence-corrected chi connectivity index (χ0v) is 37.9. The van der Waals surface area contributed by atoms with Gasteiger partial charge in [-0.2, -0.15) is 8.42 Å². The number of hydrogen-bond acceptors (Lipinski definition) is 12. The second-order valence-corrected chi connectivity index (χ2v) is 19.6. The molecule has 0 saturated heterocycles. The first-order valence-corrected chi connectivity index (χ1v) is 21.0. The molecule has 0 aliphatic rings. The van der Waals surface area contributed by atoms with E-state index in [2.05, 4.69) is 10.6 Å². The van der Waals surface area contributed by atoms with Crippen LogP contribution in [-0.4, -0.2) is 104 Å². The molecule has 16 nitrogen and oxygen atoms in total. The van der Waals surface area contributed by atoms with Gasteiger partial charge in [0.15, 0.2) is 0 Å². The van der Waals surface area contributed by atoms with Crippen molar-refractivity contribution in [2.45, 2.75) is 137 Å². The van der Waals surface area contributed by atoms with Gasteiger partial charge in [0.1, 0.15) is 28.2 Å². The number of carbonyl (C=O) groups excluding carboxylic acids is 4. The summed E-state index contributed by atoms with van der Waals surface area (Å²) in [5, 5.41) is 5.34. The summed E-state index contributed by atoms with van der Waals surface area (Å²) >= 11 is 0. The number of hydrogen-bond donors (Lipinski definition) is 2. The normalized spacial score (nSPS) is 12.2. The summed E-state index contributed by atoms with van der Waals surface area (Å²) in [6, 6.07) is 11.6. The molecule has 2 aromatic rings. The third-order valence-corrected chi connectivity index (χ3v) is 8.61. The van der Waals surface area contributed by atoms with Crippen LogP contribution in [0.2, 0.25) is 0 Å². The van der Waals surface area contributed by atoms with E-state index >= 15 is 0 Å². The van der Waals surface area contributed by atoms with E-state index in [-0.39, 0.29) is 63.8 Å². The molecule has 0 bridgehead atoms. The lowest BCUT2D eigenvalue weighted by Crippen LogP contribution is -2.42. The number of amides is 4. The lowest BCUT2D eigenvalue weighted by Gasteiger charge is -2.29. The molecule has 0 atom stereocenters. The van der Waals surface area contributed by atoms with Gasteiger partial charge in [0.25, 0.3) is 10.1 Å². The van der Waals surface area contributed by atoms with Gasteiger partial charge in [-0.05, 0) is 125 Å². The number of carbonyl (C=O) groups is 4. The molecule has 17 heteroatoms. The van der Waals surface area contributed by atoms with E-state index in [1.807, 2.05) is 6.92 Å². The molecule has 332 valence electrons. The minimum absolute atomic E-state index is 0.0135. The van der Waals surface area contributed by atoms with Crippen LogP contribution in [0.3, 0.4) is 0 Å². The van der Waals surface area contributed by atoms with Crippen molar-refractivity contribution in [3.63, 3.8) is 0 Å². The second kappa shape index (κ2) is 21.5. The molecule has 0 unspecified atom stereocenters. The van der Waals surface area contributed by atoms with Crippen LogP contribution in [0.25, 0.3) is 0 Å². The van der Waals surface area contributed by atoms with E-state index in [1.54, 1.807) is 113 Å². The van der Waals surface area contributed by atoms with Crippen LogP contribution in [-0.2, 0) is 46.3 Å². The van der Waals surface area contributed by atoms with Crippen molar-refractivity contribution in [1.29, 1.82) is 0 Å². The smallest absolute Gasteiger partial charge is 0.410 e. The Bertz CT molecular complexity index is 1720. The summed E-state index contributed by atoms with van der Waals surface area (Å²) < 4.78 is 58.8. The summed E-state index contributed by atoms with van der Waals surface area (Å²) in [4.78, 5) is 54.7. The van der Waals surface area contributed by atoms with Crippen molar-refractivity contribution in [1.82, 2.24) is 20.4 Å². The van der Waals surface area contributed by atoms with E-state index < -0.39 is 56.9 Å². The molecule has 0 aliphatic carbocycles. The van der Waals surface area contributed by atoms with Crippen LogP contribution in [0, 0.1) is 6.92 Å². The van der Waals surface area contributed by atoms with Gasteiger partial charge in [0.2, 0.25) is 0 Å². The van der Waals surface area contributed by atoms with E-state index in [0.29, 0.717) is 16.9 Å². The molecule has 0 saturated carbocycles. The minimum Gasteiger partial charge on any atom is -0.493 e. The first-order chi connectivity index (χ1) is 27.0. The summed E-state index contributed by atoms with van der Waals surface area (Å²) in [7, 11) is -3.97. The molecule has 0 fully saturated rings. The maximum Gasteiger partial charge on any atom is 0.410 e. The number of ether oxygens (including phenoxy) is 5. The Kier molecular flexibility index (Phi) is 18.3. The Hall–Kier alpha value is -4.77. The fourth-order valence-electron chi connectivity index (χ4n) is 4.96. The number of benzene rings is 2. The molecule has 0 heterocycles. The number of aryl methyl sites for hydroxylation is 1. The molecular weight excluding hydrogens is 785 g/mol. The number of rotatable bonds is 17. The summed E-state index contributed by atoms with van der Waals surface area (Å²) in [5.41, 5.74) is -0.971. The van der Waals surface area contributed by atoms with Crippen molar-refractivity contribution in [2.24, 2.45) is 0 Å². The maximum absolute atomic E-state index is 13.5. The Morgan fingerprint density at radius 2 is 1.00 bits per heavy atom. The van der Waals surface area contributed by atoms with Gasteiger partial charge in [-0.1, -0.05) is 23.8 Å². The molecule has 4 amide bonds. The lowest BCUT2D eigenvalue weighted by molar-refractivity contribution is 0.0222. The molecule has 0 radical (unpaired) electrons. The second-order valence-electron chi connectivity index (χ2n) is 17.9. The fourth-order valence-corrected chi connectivity index (χ4v) is 5.91. The number of nitrogens with zero attached hydrogens (tertiary/aromatic N) is 2. The molecular formula is C42H66N4O12S. The van der Waals surface area contributed by atoms with E-state index in [4.69, 9.17) is 27.9 Å². The summed E-state index contributed by atoms with van der Waals surface area (Å²) in [6.07, 6.45) is -2.33. The summed E-state index contributed by atoms with van der Waals surface area (Å²) in [5.74, 6) is 0.367. The Labute approximate surface area is 350 Å². The highest BCUT2D eigenvalue weighted by Crippen LogP contribution is 2.23. The highest BCUT2D eigenvalue weighted by atomic mass is 32.2. The van der Waals surface area contributed by atoms with Gasteiger partial charge in [-0.3, -0.25) is 4.18 Å². The average molecular weight is 851 g/mol. The van der Waals surface area contributed by atoms with Gasteiger partial charge in [-0.25, -0.2) is 19.2 Å². The third kappa shape index (κ3) is 21.7. The third-order valence-electron chi connectivity index (χ3n) is 7.28. The zero-order valence-electron chi connectivity index (χ0n) is 37.1. The van der Waals surface area contributed by atoms with Gasteiger partial charge in [-0.15, -0.1) is 0 Å². The van der Waals surface area contributed by atoms with Crippen LogP contribution >= 0.6 is 0 Å². The Balaban J connectivity index is 2.42. The maximum atomic E-state index is 13.5. The van der Waals surface area contributed by atoms with E-state index in [1.165, 1.54) is 21.9 Å². The van der Waals surface area contributed by atoms with Crippen LogP contribution in [0.5, 0.6) is 5.75 Å². The van der Waals surface area contributed by atoms with Gasteiger partial charge < -0.3 is 44.1 Å². The van der Waals surface area contributed by atoms with E-state index in [0.717, 1.165) is 5.56 Å². The predicted molar refractivity (Wildman–Crippen MR) is 223 cm³/mol. The number of alkyl carbamates (subject to hydrolysis) is 2. The van der Waals surface area contributed by atoms with Crippen LogP contribution in [0.15, 0.2) is 47.4 Å². The van der Waals surface area contributed by atoms with Gasteiger partial charge in [0.05, 0.1) is 18.1 Å². The molecule has 59 heavy (non-hydrogen) atoms. The molecule has 0 aromatic heterocycles.